The number of hydrogen-bond acceptors (Lipinski definition) is 7. The number of fused-ring (bicyclic) bond motifs is 1. The van der Waals surface area contributed by atoms with Crippen LogP contribution in [0.4, 0.5) is 17.1 Å². The van der Waals surface area contributed by atoms with Crippen LogP contribution >= 0.6 is 23.2 Å². The molecule has 4 aromatic rings. The van der Waals surface area contributed by atoms with E-state index in [1.165, 1.54) is 24.3 Å². The highest BCUT2D eigenvalue weighted by Crippen LogP contribution is 2.42. The first-order valence-electron chi connectivity index (χ1n) is 11.7. The summed E-state index contributed by atoms with van der Waals surface area (Å²) in [6.45, 7) is 3.97. The summed E-state index contributed by atoms with van der Waals surface area (Å²) in [5, 5.41) is 23.4. The van der Waals surface area contributed by atoms with Crippen LogP contribution in [0.15, 0.2) is 75.8 Å². The molecule has 3 N–H and O–H groups in total. The zero-order valence-corrected chi connectivity index (χ0v) is 23.1. The third-order valence-electron chi connectivity index (χ3n) is 5.80. The van der Waals surface area contributed by atoms with Crippen LogP contribution in [-0.2, 0) is 16.5 Å². The molecule has 0 saturated carbocycles. The van der Waals surface area contributed by atoms with Gasteiger partial charge in [0.1, 0.15) is 22.0 Å². The Morgan fingerprint density at radius 3 is 2.41 bits per heavy atom. The molecule has 0 radical (unpaired) electrons. The number of nitrogens with zero attached hydrogens (tertiary/aromatic N) is 2. The molecule has 1 amide bonds. The molecule has 0 bridgehead atoms. The van der Waals surface area contributed by atoms with Crippen LogP contribution in [0.5, 0.6) is 11.5 Å². The van der Waals surface area contributed by atoms with Crippen LogP contribution in [0.25, 0.3) is 10.8 Å². The molecule has 4 rings (SSSR count). The molecule has 0 aliphatic carbocycles. The molecule has 0 aliphatic rings. The van der Waals surface area contributed by atoms with Gasteiger partial charge in [0.25, 0.3) is 16.0 Å². The first-order valence-corrected chi connectivity index (χ1v) is 13.9. The number of nitrogens with one attached hydrogen (secondary N) is 1. The number of anilines is 1. The number of hydrogen-bond donors (Lipinski definition) is 3. The topological polar surface area (TPSA) is 138 Å². The van der Waals surface area contributed by atoms with Crippen molar-refractivity contribution in [2.45, 2.75) is 25.2 Å². The first kappa shape index (κ1) is 28.3. The van der Waals surface area contributed by atoms with Gasteiger partial charge in [-0.25, -0.2) is 0 Å². The molecule has 9 nitrogen and oxygen atoms in total. The highest BCUT2D eigenvalue weighted by atomic mass is 35.5. The number of phenols is 1. The van der Waals surface area contributed by atoms with Crippen molar-refractivity contribution in [1.29, 1.82) is 0 Å². The lowest BCUT2D eigenvalue weighted by molar-refractivity contribution is 0.102. The van der Waals surface area contributed by atoms with Gasteiger partial charge in [0, 0.05) is 10.4 Å². The molecule has 0 saturated heterocycles. The molecule has 0 aromatic heterocycles. The fraction of sp³-hybridized carbons (Fsp3) is 0.148. The monoisotopic (exact) mass is 587 g/mol. The lowest BCUT2D eigenvalue weighted by atomic mass is 10.0. The lowest BCUT2D eigenvalue weighted by Crippen LogP contribution is -2.13. The van der Waals surface area contributed by atoms with Gasteiger partial charge in [0.2, 0.25) is 0 Å². The zero-order chi connectivity index (χ0) is 28.3. The van der Waals surface area contributed by atoms with Crippen molar-refractivity contribution in [3.8, 4) is 11.5 Å². The van der Waals surface area contributed by atoms with E-state index in [0.717, 1.165) is 0 Å². The highest BCUT2D eigenvalue weighted by molar-refractivity contribution is 7.86. The van der Waals surface area contributed by atoms with Crippen LogP contribution in [0, 0.1) is 0 Å². The summed E-state index contributed by atoms with van der Waals surface area (Å²) in [7, 11) is -4.62. The van der Waals surface area contributed by atoms with E-state index in [2.05, 4.69) is 15.5 Å². The van der Waals surface area contributed by atoms with Gasteiger partial charge >= 0.3 is 0 Å². The Bertz CT molecular complexity index is 1720. The number of carbonyl (C=O) groups excluding carboxylic acids is 1. The van der Waals surface area contributed by atoms with Crippen LogP contribution in [0.3, 0.4) is 0 Å². The minimum absolute atomic E-state index is 0.00732. The molecule has 0 atom stereocenters. The molecule has 0 aliphatic heterocycles. The van der Waals surface area contributed by atoms with E-state index in [4.69, 9.17) is 27.9 Å². The molecule has 0 spiro atoms. The normalized spacial score (nSPS) is 11.7. The minimum Gasteiger partial charge on any atom is -0.505 e. The third kappa shape index (κ3) is 5.99. The van der Waals surface area contributed by atoms with E-state index in [1.54, 1.807) is 43.3 Å². The molecule has 0 unspecified atom stereocenters. The summed E-state index contributed by atoms with van der Waals surface area (Å²) in [5.74, 6) is -0.718. The fourth-order valence-corrected chi connectivity index (χ4v) is 5.19. The number of phenolic OH excluding ortho intramolecular Hbond substituents is 1. The Hall–Kier alpha value is -3.70. The number of azo groups is 1. The first-order chi connectivity index (χ1) is 18.5. The Morgan fingerprint density at radius 1 is 1.00 bits per heavy atom. The summed E-state index contributed by atoms with van der Waals surface area (Å²) < 4.78 is 38.6. The molecular weight excluding hydrogens is 565 g/mol. The number of rotatable bonds is 8. The Labute approximate surface area is 234 Å². The Kier molecular flexibility index (Phi) is 8.41. The fourth-order valence-electron chi connectivity index (χ4n) is 3.94. The average molecular weight is 588 g/mol. The van der Waals surface area contributed by atoms with Crippen molar-refractivity contribution in [1.82, 2.24) is 0 Å². The van der Waals surface area contributed by atoms with Gasteiger partial charge in [-0.3, -0.25) is 9.35 Å². The number of ether oxygens (including phenoxy) is 1. The molecular formula is C27H23Cl2N3O6S. The number of halogens is 2. The largest absolute Gasteiger partial charge is 0.505 e. The standard InChI is InChI=1S/C27H23Cl2N3O6S/c1-3-15-9-12-22(39(35,36)37)23(29)24(15)31-32-25-18-8-6-5-7-16(18)13-19(26(25)33)27(34)30-20-14-17(28)10-11-21(20)38-4-2/h5-14,33H,3-4H2,1-2H3,(H,30,34)(H,35,36,37). The molecule has 4 aromatic carbocycles. The smallest absolute Gasteiger partial charge is 0.296 e. The Balaban J connectivity index is 1.84. The van der Waals surface area contributed by atoms with E-state index < -0.39 is 26.7 Å². The zero-order valence-electron chi connectivity index (χ0n) is 20.8. The average Bonchev–Trinajstić information content (AvgIpc) is 2.89. The van der Waals surface area contributed by atoms with E-state index in [-0.39, 0.29) is 22.0 Å². The molecule has 0 fully saturated rings. The number of aromatic hydroxyl groups is 1. The summed E-state index contributed by atoms with van der Waals surface area (Å²) >= 11 is 12.4. The van der Waals surface area contributed by atoms with E-state index in [0.29, 0.717) is 45.8 Å². The van der Waals surface area contributed by atoms with Crippen LogP contribution < -0.4 is 10.1 Å². The quantitative estimate of drug-likeness (QED) is 0.142. The van der Waals surface area contributed by atoms with Gasteiger partial charge in [-0.05, 0) is 54.6 Å². The van der Waals surface area contributed by atoms with Gasteiger partial charge in [-0.15, -0.1) is 10.2 Å². The van der Waals surface area contributed by atoms with Gasteiger partial charge in [0.15, 0.2) is 5.75 Å². The van der Waals surface area contributed by atoms with Crippen LogP contribution in [-0.4, -0.2) is 30.6 Å². The van der Waals surface area contributed by atoms with Crippen molar-refractivity contribution < 1.29 is 27.6 Å². The van der Waals surface area contributed by atoms with Crippen molar-refractivity contribution >= 4 is 67.1 Å². The van der Waals surface area contributed by atoms with Crippen LogP contribution in [0.2, 0.25) is 10.0 Å². The van der Waals surface area contributed by atoms with Gasteiger partial charge in [0.05, 0.1) is 22.9 Å². The highest BCUT2D eigenvalue weighted by Gasteiger charge is 2.22. The summed E-state index contributed by atoms with van der Waals surface area (Å²) in [6, 6.07) is 15.8. The predicted molar refractivity (Wildman–Crippen MR) is 151 cm³/mol. The maximum absolute atomic E-state index is 13.3. The Morgan fingerprint density at radius 2 is 1.72 bits per heavy atom. The third-order valence-corrected chi connectivity index (χ3v) is 7.43. The van der Waals surface area contributed by atoms with Crippen LogP contribution in [0.1, 0.15) is 29.8 Å². The predicted octanol–water partition coefficient (Wildman–Crippen LogP) is 7.73. The van der Waals surface area contributed by atoms with E-state index >= 15 is 0 Å². The molecule has 0 heterocycles. The van der Waals surface area contributed by atoms with Crippen molar-refractivity contribution in [2.75, 3.05) is 11.9 Å². The summed E-state index contributed by atoms with van der Waals surface area (Å²) in [5.41, 5.74) is 0.737. The molecule has 202 valence electrons. The number of aryl methyl sites for hydroxylation is 1. The maximum Gasteiger partial charge on any atom is 0.296 e. The second-order valence-corrected chi connectivity index (χ2v) is 10.5. The number of carbonyl (C=O) groups is 1. The van der Waals surface area contributed by atoms with E-state index in [9.17, 15) is 22.9 Å². The summed E-state index contributed by atoms with van der Waals surface area (Å²) in [6.07, 6.45) is 0.427. The number of benzene rings is 4. The summed E-state index contributed by atoms with van der Waals surface area (Å²) in [4.78, 5) is 12.8. The van der Waals surface area contributed by atoms with Gasteiger partial charge < -0.3 is 15.2 Å². The minimum atomic E-state index is -4.62. The number of amides is 1. The molecule has 39 heavy (non-hydrogen) atoms. The van der Waals surface area contributed by atoms with Crippen molar-refractivity contribution in [2.24, 2.45) is 10.2 Å². The lowest BCUT2D eigenvalue weighted by Gasteiger charge is -2.14. The van der Waals surface area contributed by atoms with Gasteiger partial charge in [-0.1, -0.05) is 60.5 Å². The van der Waals surface area contributed by atoms with Crippen molar-refractivity contribution in [3.05, 3.63) is 81.8 Å². The second-order valence-electron chi connectivity index (χ2n) is 8.28. The maximum atomic E-state index is 13.3. The second kappa shape index (κ2) is 11.6. The van der Waals surface area contributed by atoms with E-state index in [1.807, 2.05) is 6.92 Å². The van der Waals surface area contributed by atoms with Gasteiger partial charge in [-0.2, -0.15) is 8.42 Å². The molecule has 12 heteroatoms. The SMILES string of the molecule is CCOc1ccc(Cl)cc1NC(=O)c1cc2ccccc2c(N=Nc2c(CC)ccc(S(=O)(=O)O)c2Cl)c1O. The van der Waals surface area contributed by atoms with Crippen molar-refractivity contribution in [3.63, 3.8) is 0 Å².